The molecule has 706 valence electrons. The van der Waals surface area contributed by atoms with Gasteiger partial charge in [0.25, 0.3) is 17.8 Å². The molecule has 0 aliphatic heterocycles. The van der Waals surface area contributed by atoms with E-state index in [4.69, 9.17) is 5.26 Å². The molecule has 0 amide bonds. The number of hydrogen-bond donors (Lipinski definition) is 0. The number of hydrogen-bond acceptors (Lipinski definition) is 15. The highest BCUT2D eigenvalue weighted by atomic mass is 32.1. The van der Waals surface area contributed by atoms with Crippen LogP contribution in [-0.4, -0.2) is 54.3 Å². The maximum Gasteiger partial charge on any atom is 0.385 e. The predicted molar refractivity (Wildman–Crippen MR) is 521 cm³/mol. The third-order valence-electron chi connectivity index (χ3n) is 19.2. The van der Waals surface area contributed by atoms with Crippen LogP contribution < -0.4 is 0 Å². The molecule has 0 aromatic carbocycles. The van der Waals surface area contributed by atoms with Crippen molar-refractivity contribution in [3.8, 4) is 59.0 Å². The minimum atomic E-state index is -8.02. The second kappa shape index (κ2) is 46.6. The van der Waals surface area contributed by atoms with Gasteiger partial charge in [-0.1, -0.05) is 68.6 Å². The van der Waals surface area contributed by atoms with Gasteiger partial charge < -0.3 is 0 Å². The van der Waals surface area contributed by atoms with E-state index in [2.05, 4.69) is 190 Å². The number of aryl methyl sites for hydroxylation is 8. The highest BCUT2D eigenvalue weighted by molar-refractivity contribution is 7.22. The van der Waals surface area contributed by atoms with Crippen LogP contribution in [0.2, 0.25) is 0 Å². The Morgan fingerprint density at radius 3 is 1.26 bits per heavy atom. The van der Waals surface area contributed by atoms with E-state index in [1.54, 1.807) is 68.1 Å². The molecule has 0 aliphatic carbocycles. The smallest absolute Gasteiger partial charge is 0.210 e. The van der Waals surface area contributed by atoms with Gasteiger partial charge in [-0.2, -0.15) is 69.3 Å². The van der Waals surface area contributed by atoms with Crippen molar-refractivity contribution >= 4 is 193 Å². The molecule has 14 heterocycles. The Labute approximate surface area is 811 Å². The number of rotatable bonds is 25. The molecule has 0 radical (unpaired) electrons. The lowest BCUT2D eigenvalue weighted by molar-refractivity contribution is -0.434. The summed E-state index contributed by atoms with van der Waals surface area (Å²) in [6.45, 7) is 40.7. The molecule has 0 spiro atoms. The topological polar surface area (TPSA) is 23.8 Å². The Morgan fingerprint density at radius 1 is 0.391 bits per heavy atom. The zero-order valence-electron chi connectivity index (χ0n) is 71.9. The summed E-state index contributed by atoms with van der Waals surface area (Å²) in [7, 11) is 0. The third-order valence-corrected chi connectivity index (χ3v) is 32.6. The maximum atomic E-state index is 14.4. The molecular weight excluding hydrogens is 2030 g/mol. The van der Waals surface area contributed by atoms with Crippen molar-refractivity contribution in [2.24, 2.45) is 0 Å². The Balaban J connectivity index is 0.000000195. The van der Waals surface area contributed by atoms with Crippen molar-refractivity contribution < 1.29 is 96.6 Å². The highest BCUT2D eigenvalue weighted by Gasteiger charge is 2.91. The molecule has 14 rings (SSSR count). The van der Waals surface area contributed by atoms with Crippen LogP contribution >= 0.6 is 159 Å². The van der Waals surface area contributed by atoms with Crippen molar-refractivity contribution in [1.29, 1.82) is 5.26 Å². The second-order valence-corrected chi connectivity index (χ2v) is 44.2. The number of nitriles is 1. The van der Waals surface area contributed by atoms with E-state index in [1.807, 2.05) is 105 Å². The predicted octanol–water partition coefficient (Wildman–Crippen LogP) is 38.4. The zero-order chi connectivity index (χ0) is 98.9. The fraction of sp³-hybridized carbons (Fsp3) is 0.260. The quantitative estimate of drug-likeness (QED) is 0.0318. The van der Waals surface area contributed by atoms with Crippen LogP contribution in [0.4, 0.5) is 96.6 Å². The van der Waals surface area contributed by atoms with E-state index in [0.717, 1.165) is 76.6 Å². The fourth-order valence-electron chi connectivity index (χ4n) is 12.5. The summed E-state index contributed by atoms with van der Waals surface area (Å²) in [5, 5.41) is 23.8. The molecule has 0 fully saturated rings. The Kier molecular flexibility index (Phi) is 38.5. The van der Waals surface area contributed by atoms with Gasteiger partial charge in [0.2, 0.25) is 6.43 Å². The minimum absolute atomic E-state index is 0.0788. The van der Waals surface area contributed by atoms with E-state index in [1.165, 1.54) is 127 Å². The molecule has 1 nitrogen and oxygen atoms in total. The van der Waals surface area contributed by atoms with Crippen LogP contribution in [0, 0.1) is 104 Å². The van der Waals surface area contributed by atoms with Gasteiger partial charge in [-0.25, -0.2) is 43.9 Å². The maximum absolute atomic E-state index is 14.4. The summed E-state index contributed by atoms with van der Waals surface area (Å²) in [5.74, 6) is -45.6. The number of nitrogens with zero attached hydrogens (tertiary/aromatic N) is 1. The molecule has 14 aromatic heterocycles. The second-order valence-electron chi connectivity index (χ2n) is 28.9. The standard InChI is InChI=1S/C18H22S2.C16H18S2.C15H6F14S2.C15H12F8S2.C13H8S2.C10H8S2.C9H5NS2/c1-9(17-11(3)13(5)19-15(17)7)10(2)18-12(4)14(6)20-16(18)8;1-9-7-15(13(5)17-9)11(3)12(4)16-8-10(2)18-14(16)6;16-9(17)11(20,21)13(24,25)15(28,29)14(26,27)12(22,23)10(18,19)6-3-5-31-8(6)7-2-1-4-30-7;16-11(17)6-13(18,19)7-14(20,21)8-15(22,23)9-3-5-25-12(9)10-2-1-4-24-10;1-2-4-12-8-9-13(15-12)7-6-11-5-3-10-14-11;1-2-10(12-6-1)4-3-9-5-7-11-8-9;10-6-7-3-4-9(12-7)8-2-1-5-11-8/h1-2H2,3-8H3;7-8H,3-4H2,1-2,5-6H3;1-5,9H;1-5,11H,6-8H2;3,5,8-10H,1H3;1-8H;1-5H/b;;;;;4-3+;. The fourth-order valence-corrected chi connectivity index (χ4v) is 24.5. The van der Waals surface area contributed by atoms with Crippen LogP contribution in [0.5, 0.6) is 0 Å². The van der Waals surface area contributed by atoms with Crippen LogP contribution in [0.3, 0.4) is 0 Å². The van der Waals surface area contributed by atoms with Gasteiger partial charge >= 0.3 is 42.0 Å². The van der Waals surface area contributed by atoms with Gasteiger partial charge in [0.05, 0.1) is 43.6 Å². The Morgan fingerprint density at radius 2 is 0.850 bits per heavy atom. The summed E-state index contributed by atoms with van der Waals surface area (Å²) >= 11 is 20.3. The molecule has 37 heteroatoms. The molecule has 133 heavy (non-hydrogen) atoms. The first-order valence-electron chi connectivity index (χ1n) is 38.7. The largest absolute Gasteiger partial charge is 0.385 e. The van der Waals surface area contributed by atoms with Crippen molar-refractivity contribution in [1.82, 2.24) is 0 Å². The number of allylic oxidation sites excluding steroid dienone is 4. The Bertz CT molecular complexity index is 6210. The summed E-state index contributed by atoms with van der Waals surface area (Å²) in [5.41, 5.74) is 10.6. The molecule has 0 saturated carbocycles. The zero-order valence-corrected chi connectivity index (χ0v) is 83.3. The number of alkyl halides is 22. The van der Waals surface area contributed by atoms with Gasteiger partial charge in [-0.15, -0.1) is 153 Å². The van der Waals surface area contributed by atoms with E-state index >= 15 is 0 Å². The van der Waals surface area contributed by atoms with Crippen LogP contribution in [0.1, 0.15) is 140 Å². The van der Waals surface area contributed by atoms with Gasteiger partial charge in [0, 0.05) is 74.5 Å². The molecule has 0 aliphatic rings. The summed E-state index contributed by atoms with van der Waals surface area (Å²) in [6, 6.07) is 35.4. The van der Waals surface area contributed by atoms with E-state index in [9.17, 15) is 96.6 Å². The average Bonchev–Trinajstić information content (AvgIpc) is 1.70. The van der Waals surface area contributed by atoms with Crippen molar-refractivity contribution in [3.63, 3.8) is 0 Å². The lowest BCUT2D eigenvalue weighted by atomic mass is 9.89. The Hall–Kier alpha value is -8.43. The molecule has 14 aromatic rings. The molecule has 0 saturated heterocycles. The molecule has 0 unspecified atom stereocenters. The average molecular weight is 2110 g/mol. The summed E-state index contributed by atoms with van der Waals surface area (Å²) in [6.07, 6.45) is -11.5. The summed E-state index contributed by atoms with van der Waals surface area (Å²) < 4.78 is 294. The van der Waals surface area contributed by atoms with E-state index in [-0.39, 0.29) is 27.2 Å². The van der Waals surface area contributed by atoms with E-state index in [0.29, 0.717) is 21.6 Å². The van der Waals surface area contributed by atoms with Gasteiger partial charge in [0.1, 0.15) is 10.9 Å². The van der Waals surface area contributed by atoms with Gasteiger partial charge in [-0.3, -0.25) is 0 Å². The number of thiophene rings is 14. The first-order valence-corrected chi connectivity index (χ1v) is 50.7. The van der Waals surface area contributed by atoms with Crippen molar-refractivity contribution in [2.45, 2.75) is 162 Å². The highest BCUT2D eigenvalue weighted by Crippen LogP contribution is 2.64. The lowest BCUT2D eigenvalue weighted by Crippen LogP contribution is -2.71. The van der Waals surface area contributed by atoms with Gasteiger partial charge in [0.15, 0.2) is 0 Å². The molecular formula is C96H79F22NS14. The molecule has 0 atom stereocenters. The monoisotopic (exact) mass is 2110 g/mol. The van der Waals surface area contributed by atoms with Crippen LogP contribution in [0.25, 0.3) is 63.7 Å². The summed E-state index contributed by atoms with van der Waals surface area (Å²) in [4.78, 5) is 18.0. The molecule has 0 bridgehead atoms. The first kappa shape index (κ1) is 110. The van der Waals surface area contributed by atoms with Crippen molar-refractivity contribution in [2.75, 3.05) is 0 Å². The number of halogens is 22. The minimum Gasteiger partial charge on any atom is -0.210 e. The third kappa shape index (κ3) is 27.3. The SMILES string of the molecule is C(=C\c1cccs1)/c1ccsc1.C=C(C(=C)c1c(C)sc(C)c1C)c1c(C)sc(C)c1C.C=C(C(=C)c1cc(C)sc1C)c1cc(C)sc1C.CC#Cc1ccc(C#Cc2cccs2)s1.FC(F)C(F)(F)C(F)(F)C(F)(F)C(F)(F)C(F)(F)C(F)(F)c1ccsc1-c1cccs1.FC(F)CC(F)(F)CC(F)(F)CC(F)(F)c1ccsc1-c1cccs1.N#Cc1ccc(-c2cccs2)s1. The van der Waals surface area contributed by atoms with Crippen molar-refractivity contribution in [3.05, 3.63) is 303 Å². The van der Waals surface area contributed by atoms with E-state index < -0.39 is 101 Å². The first-order chi connectivity index (χ1) is 62.1. The normalized spacial score (nSPS) is 12.0. The van der Waals surface area contributed by atoms with Gasteiger partial charge in [-0.05, 0) is 289 Å². The van der Waals surface area contributed by atoms with Crippen LogP contribution in [-0.2, 0) is 11.8 Å². The molecule has 0 N–H and O–H groups in total. The lowest BCUT2D eigenvalue weighted by Gasteiger charge is -2.41. The van der Waals surface area contributed by atoms with Crippen LogP contribution in [0.15, 0.2) is 190 Å².